The number of hydrogen-bond acceptors (Lipinski definition) is 5. The molecule has 0 N–H and O–H groups in total. The molecule has 2 atom stereocenters. The number of benzene rings is 3. The van der Waals surface area contributed by atoms with Crippen LogP contribution in [0.3, 0.4) is 0 Å². The van der Waals surface area contributed by atoms with E-state index in [9.17, 15) is 22.8 Å². The zero-order valence-corrected chi connectivity index (χ0v) is 20.8. The average Bonchev–Trinajstić information content (AvgIpc) is 3.43. The van der Waals surface area contributed by atoms with Crippen molar-refractivity contribution in [3.05, 3.63) is 90.0 Å². The van der Waals surface area contributed by atoms with Crippen molar-refractivity contribution >= 4 is 39.1 Å². The SMILES string of the molecule is O=C1C2CCC[C@H]2N(C(=O)CN2C(=O)c3ccccc3S2(=O)=O)c2ccccc2N1Cc1ccccc1. The molecule has 9 heteroatoms. The summed E-state index contributed by atoms with van der Waals surface area (Å²) in [7, 11) is -4.14. The predicted molar refractivity (Wildman–Crippen MR) is 137 cm³/mol. The first-order valence-electron chi connectivity index (χ1n) is 12.3. The Labute approximate surface area is 215 Å². The van der Waals surface area contributed by atoms with E-state index in [4.69, 9.17) is 0 Å². The summed E-state index contributed by atoms with van der Waals surface area (Å²) in [6.07, 6.45) is 2.04. The zero-order valence-electron chi connectivity index (χ0n) is 20.0. The molecule has 0 bridgehead atoms. The second-order valence-electron chi connectivity index (χ2n) is 9.58. The van der Waals surface area contributed by atoms with Gasteiger partial charge in [-0.2, -0.15) is 0 Å². The Balaban J connectivity index is 1.40. The number of anilines is 2. The van der Waals surface area contributed by atoms with Crippen molar-refractivity contribution in [2.75, 3.05) is 16.3 Å². The number of nitrogens with zero attached hydrogens (tertiary/aromatic N) is 3. The Morgan fingerprint density at radius 3 is 2.27 bits per heavy atom. The van der Waals surface area contributed by atoms with Crippen molar-refractivity contribution in [2.45, 2.75) is 36.7 Å². The van der Waals surface area contributed by atoms with E-state index in [-0.39, 0.29) is 16.4 Å². The molecule has 37 heavy (non-hydrogen) atoms. The molecule has 0 radical (unpaired) electrons. The molecule has 3 amide bonds. The van der Waals surface area contributed by atoms with Crippen molar-refractivity contribution in [3.63, 3.8) is 0 Å². The summed E-state index contributed by atoms with van der Waals surface area (Å²) in [5.74, 6) is -1.70. The van der Waals surface area contributed by atoms with Crippen LogP contribution in [0.5, 0.6) is 0 Å². The first-order valence-corrected chi connectivity index (χ1v) is 13.7. The van der Waals surface area contributed by atoms with Crippen LogP contribution in [0.15, 0.2) is 83.8 Å². The van der Waals surface area contributed by atoms with Gasteiger partial charge in [-0.25, -0.2) is 12.7 Å². The normalized spacial score (nSPS) is 21.9. The molecule has 3 aromatic carbocycles. The van der Waals surface area contributed by atoms with Crippen LogP contribution in [-0.2, 0) is 26.2 Å². The van der Waals surface area contributed by atoms with E-state index in [2.05, 4.69) is 0 Å². The molecule has 0 spiro atoms. The Kier molecular flexibility index (Phi) is 5.60. The second kappa shape index (κ2) is 8.85. The third-order valence-corrected chi connectivity index (χ3v) is 9.26. The van der Waals surface area contributed by atoms with Crippen LogP contribution in [0.25, 0.3) is 0 Å². The highest BCUT2D eigenvalue weighted by Gasteiger charge is 2.48. The molecule has 1 saturated carbocycles. The van der Waals surface area contributed by atoms with Gasteiger partial charge in [-0.1, -0.05) is 61.0 Å². The fourth-order valence-electron chi connectivity index (χ4n) is 5.77. The van der Waals surface area contributed by atoms with E-state index in [1.54, 1.807) is 34.1 Å². The minimum atomic E-state index is -4.14. The van der Waals surface area contributed by atoms with Crippen molar-refractivity contribution in [2.24, 2.45) is 5.92 Å². The lowest BCUT2D eigenvalue weighted by Crippen LogP contribution is -2.49. The van der Waals surface area contributed by atoms with Gasteiger partial charge in [0.2, 0.25) is 11.8 Å². The number of rotatable bonds is 4. The van der Waals surface area contributed by atoms with Gasteiger partial charge in [0.25, 0.3) is 15.9 Å². The number of para-hydroxylation sites is 2. The van der Waals surface area contributed by atoms with Gasteiger partial charge in [0.05, 0.1) is 29.4 Å². The molecule has 0 saturated heterocycles. The minimum Gasteiger partial charge on any atom is -0.306 e. The lowest BCUT2D eigenvalue weighted by Gasteiger charge is -2.31. The van der Waals surface area contributed by atoms with Crippen LogP contribution in [0.4, 0.5) is 11.4 Å². The van der Waals surface area contributed by atoms with Gasteiger partial charge in [-0.15, -0.1) is 0 Å². The maximum atomic E-state index is 13.9. The molecule has 3 aliphatic rings. The molecule has 0 aromatic heterocycles. The van der Waals surface area contributed by atoms with E-state index >= 15 is 0 Å². The first kappa shape index (κ1) is 23.4. The summed E-state index contributed by atoms with van der Waals surface area (Å²) in [4.78, 5) is 43.9. The van der Waals surface area contributed by atoms with E-state index < -0.39 is 40.3 Å². The van der Waals surface area contributed by atoms with Crippen LogP contribution in [0.1, 0.15) is 35.2 Å². The molecule has 6 rings (SSSR count). The number of sulfonamides is 1. The topological polar surface area (TPSA) is 95.1 Å². The van der Waals surface area contributed by atoms with Crippen LogP contribution in [0, 0.1) is 5.92 Å². The summed E-state index contributed by atoms with van der Waals surface area (Å²) in [6.45, 7) is -0.267. The van der Waals surface area contributed by atoms with E-state index in [0.717, 1.165) is 12.0 Å². The summed E-state index contributed by atoms with van der Waals surface area (Å²) in [5.41, 5.74) is 2.17. The predicted octanol–water partition coefficient (Wildman–Crippen LogP) is 3.58. The number of amides is 3. The minimum absolute atomic E-state index is 0.0496. The fraction of sp³-hybridized carbons (Fsp3) is 0.250. The zero-order chi connectivity index (χ0) is 25.7. The van der Waals surface area contributed by atoms with Crippen molar-refractivity contribution in [3.8, 4) is 0 Å². The highest BCUT2D eigenvalue weighted by molar-refractivity contribution is 7.90. The Bertz CT molecular complexity index is 1520. The average molecular weight is 516 g/mol. The Morgan fingerprint density at radius 1 is 0.838 bits per heavy atom. The molecule has 188 valence electrons. The van der Waals surface area contributed by atoms with E-state index in [1.165, 1.54) is 12.1 Å². The lowest BCUT2D eigenvalue weighted by atomic mass is 10.0. The maximum Gasteiger partial charge on any atom is 0.269 e. The molecule has 1 unspecified atom stereocenters. The fourth-order valence-corrected chi connectivity index (χ4v) is 7.28. The molecule has 1 fully saturated rings. The molecular formula is C28H25N3O5S. The Morgan fingerprint density at radius 2 is 1.51 bits per heavy atom. The van der Waals surface area contributed by atoms with E-state index in [1.807, 2.05) is 42.5 Å². The lowest BCUT2D eigenvalue weighted by molar-refractivity contribution is -0.123. The van der Waals surface area contributed by atoms with Gasteiger partial charge < -0.3 is 9.80 Å². The summed E-state index contributed by atoms with van der Waals surface area (Å²) in [5, 5.41) is 0. The van der Waals surface area contributed by atoms with Gasteiger partial charge >= 0.3 is 0 Å². The largest absolute Gasteiger partial charge is 0.306 e. The van der Waals surface area contributed by atoms with Crippen molar-refractivity contribution in [1.82, 2.24) is 4.31 Å². The summed E-state index contributed by atoms with van der Waals surface area (Å²) < 4.78 is 26.9. The van der Waals surface area contributed by atoms with Gasteiger partial charge in [0.1, 0.15) is 11.4 Å². The molecule has 2 heterocycles. The van der Waals surface area contributed by atoms with Crippen LogP contribution in [0.2, 0.25) is 0 Å². The summed E-state index contributed by atoms with van der Waals surface area (Å²) in [6, 6.07) is 22.4. The van der Waals surface area contributed by atoms with Gasteiger partial charge in [-0.05, 0) is 42.7 Å². The number of fused-ring (bicyclic) bond motifs is 3. The number of carbonyl (C=O) groups is 3. The second-order valence-corrected chi connectivity index (χ2v) is 11.4. The standard InChI is InChI=1S/C28H25N3O5S/c32-26(18-30-28(34)21-11-4-7-16-25(21)37(30,35)36)31-22-15-8-12-20(22)27(33)29(17-19-9-2-1-3-10-19)23-13-5-6-14-24(23)31/h1-7,9-11,13-14,16,20,22H,8,12,15,17-18H2/t20?,22-/m1/s1. The van der Waals surface area contributed by atoms with Gasteiger partial charge in [0.15, 0.2) is 0 Å². The van der Waals surface area contributed by atoms with Crippen LogP contribution in [-0.4, -0.2) is 43.0 Å². The monoisotopic (exact) mass is 515 g/mol. The smallest absolute Gasteiger partial charge is 0.269 e. The highest BCUT2D eigenvalue weighted by atomic mass is 32.2. The molecule has 2 aliphatic heterocycles. The van der Waals surface area contributed by atoms with Crippen molar-refractivity contribution < 1.29 is 22.8 Å². The highest BCUT2D eigenvalue weighted by Crippen LogP contribution is 2.43. The van der Waals surface area contributed by atoms with Gasteiger partial charge in [0, 0.05) is 6.04 Å². The van der Waals surface area contributed by atoms with Crippen molar-refractivity contribution in [1.29, 1.82) is 0 Å². The maximum absolute atomic E-state index is 13.9. The van der Waals surface area contributed by atoms with Crippen LogP contribution >= 0.6 is 0 Å². The third kappa shape index (κ3) is 3.72. The molecule has 1 aliphatic carbocycles. The summed E-state index contributed by atoms with van der Waals surface area (Å²) >= 11 is 0. The number of carbonyl (C=O) groups excluding carboxylic acids is 3. The molecule has 3 aromatic rings. The van der Waals surface area contributed by atoms with Crippen LogP contribution < -0.4 is 9.80 Å². The first-order chi connectivity index (χ1) is 17.9. The molecule has 8 nitrogen and oxygen atoms in total. The molecular weight excluding hydrogens is 490 g/mol. The Hall–Kier alpha value is -3.98. The quantitative estimate of drug-likeness (QED) is 0.529. The third-order valence-electron chi connectivity index (χ3n) is 7.47. The number of hydrogen-bond donors (Lipinski definition) is 0. The van der Waals surface area contributed by atoms with E-state index in [0.29, 0.717) is 35.1 Å². The van der Waals surface area contributed by atoms with Gasteiger partial charge in [-0.3, -0.25) is 14.4 Å².